The molecule has 0 saturated carbocycles. The van der Waals surface area contributed by atoms with E-state index in [1.807, 2.05) is 41.5 Å². The van der Waals surface area contributed by atoms with Crippen LogP contribution < -0.4 is 0 Å². The molecule has 0 aliphatic heterocycles. The topological polar surface area (TPSA) is 60.9 Å². The van der Waals surface area contributed by atoms with Crippen molar-refractivity contribution in [1.82, 2.24) is 9.80 Å². The van der Waals surface area contributed by atoms with Crippen LogP contribution in [0.3, 0.4) is 0 Å². The van der Waals surface area contributed by atoms with Crippen LogP contribution in [0.5, 0.6) is 0 Å². The van der Waals surface area contributed by atoms with E-state index in [0.29, 0.717) is 0 Å². The lowest BCUT2D eigenvalue weighted by Gasteiger charge is -2.38. The van der Waals surface area contributed by atoms with Crippen LogP contribution in [0.25, 0.3) is 0 Å². The molecule has 0 rings (SSSR count). The van der Waals surface area contributed by atoms with Crippen LogP contribution in [0.1, 0.15) is 41.5 Å². The van der Waals surface area contributed by atoms with Crippen LogP contribution in [0.2, 0.25) is 0 Å². The van der Waals surface area contributed by atoms with Gasteiger partial charge in [-0.3, -0.25) is 14.5 Å². The van der Waals surface area contributed by atoms with E-state index in [4.69, 9.17) is 0 Å². The van der Waals surface area contributed by atoms with Gasteiger partial charge in [0, 0.05) is 24.5 Å². The Kier molecular flexibility index (Phi) is 5.56. The zero-order valence-electron chi connectivity index (χ0n) is 13.4. The average Bonchev–Trinajstić information content (AvgIpc) is 2.20. The third kappa shape index (κ3) is 5.19. The van der Waals surface area contributed by atoms with E-state index in [0.717, 1.165) is 0 Å². The number of aliphatic carboxylic acids is 1. The van der Waals surface area contributed by atoms with Crippen molar-refractivity contribution < 1.29 is 14.7 Å². The first-order valence-electron chi connectivity index (χ1n) is 6.49. The van der Waals surface area contributed by atoms with E-state index in [1.54, 1.807) is 19.0 Å². The molecule has 0 aromatic rings. The van der Waals surface area contributed by atoms with Gasteiger partial charge in [-0.25, -0.2) is 0 Å². The summed E-state index contributed by atoms with van der Waals surface area (Å²) in [6.07, 6.45) is 0. The largest absolute Gasteiger partial charge is 0.480 e. The zero-order chi connectivity index (χ0) is 15.6. The minimum atomic E-state index is -0.911. The molecule has 0 aromatic carbocycles. The van der Waals surface area contributed by atoms with Gasteiger partial charge in [-0.1, -0.05) is 20.8 Å². The van der Waals surface area contributed by atoms with E-state index >= 15 is 0 Å². The molecule has 1 amide bonds. The van der Waals surface area contributed by atoms with Crippen molar-refractivity contribution in [2.75, 3.05) is 20.6 Å². The van der Waals surface area contributed by atoms with Gasteiger partial charge in [0.2, 0.25) is 5.91 Å². The van der Waals surface area contributed by atoms with Crippen LogP contribution in [0, 0.1) is 5.41 Å². The predicted octanol–water partition coefficient (Wildman–Crippen LogP) is 1.67. The third-order valence-electron chi connectivity index (χ3n) is 3.25. The van der Waals surface area contributed by atoms with Crippen molar-refractivity contribution in [3.63, 3.8) is 0 Å². The van der Waals surface area contributed by atoms with Crippen LogP contribution >= 0.6 is 0 Å². The highest BCUT2D eigenvalue weighted by Crippen LogP contribution is 2.19. The Bertz CT molecular complexity index is 340. The molecule has 0 saturated heterocycles. The molecule has 1 atom stereocenters. The highest BCUT2D eigenvalue weighted by Gasteiger charge is 2.34. The fourth-order valence-corrected chi connectivity index (χ4v) is 1.75. The summed E-state index contributed by atoms with van der Waals surface area (Å²) < 4.78 is 0. The molecule has 0 fully saturated rings. The van der Waals surface area contributed by atoms with E-state index in [9.17, 15) is 14.7 Å². The van der Waals surface area contributed by atoms with E-state index < -0.39 is 17.4 Å². The van der Waals surface area contributed by atoms with Gasteiger partial charge in [-0.15, -0.1) is 0 Å². The van der Waals surface area contributed by atoms with Crippen LogP contribution in [-0.4, -0.2) is 59.0 Å². The second kappa shape index (κ2) is 5.90. The van der Waals surface area contributed by atoms with E-state index in [1.165, 1.54) is 4.90 Å². The molecule has 0 bridgehead atoms. The quantitative estimate of drug-likeness (QED) is 0.845. The Morgan fingerprint density at radius 1 is 1.05 bits per heavy atom. The number of carboxylic acids is 1. The first-order chi connectivity index (χ1) is 8.28. The molecule has 5 heteroatoms. The maximum Gasteiger partial charge on any atom is 0.322 e. The first kappa shape index (κ1) is 17.9. The van der Waals surface area contributed by atoms with Crippen molar-refractivity contribution >= 4 is 11.9 Å². The van der Waals surface area contributed by atoms with Crippen molar-refractivity contribution in [1.29, 1.82) is 0 Å². The molecule has 112 valence electrons. The summed E-state index contributed by atoms with van der Waals surface area (Å²) in [6, 6.07) is -0.712. The average molecular weight is 272 g/mol. The number of carbonyl (C=O) groups is 2. The van der Waals surface area contributed by atoms with Gasteiger partial charge >= 0.3 is 5.97 Å². The molecule has 0 heterocycles. The standard InChI is InChI=1S/C14H28N2O3/c1-13(2,3)12(19)15(7)9-10(11(17)18)16(8)14(4,5)6/h10H,9H2,1-8H3,(H,17,18). The van der Waals surface area contributed by atoms with Crippen molar-refractivity contribution in [2.24, 2.45) is 5.41 Å². The minimum absolute atomic E-state index is 0.0546. The molecule has 5 nitrogen and oxygen atoms in total. The van der Waals surface area contributed by atoms with Gasteiger partial charge in [0.1, 0.15) is 6.04 Å². The normalized spacial score (nSPS) is 14.4. The second-order valence-corrected chi connectivity index (χ2v) is 7.07. The summed E-state index contributed by atoms with van der Waals surface area (Å²) in [7, 11) is 3.42. The van der Waals surface area contributed by atoms with Gasteiger partial charge in [0.15, 0.2) is 0 Å². The molecule has 0 spiro atoms. The summed E-state index contributed by atoms with van der Waals surface area (Å²) in [5.41, 5.74) is -0.771. The first-order valence-corrected chi connectivity index (χ1v) is 6.49. The second-order valence-electron chi connectivity index (χ2n) is 7.07. The van der Waals surface area contributed by atoms with Crippen molar-refractivity contribution in [2.45, 2.75) is 53.1 Å². The van der Waals surface area contributed by atoms with Crippen LogP contribution in [-0.2, 0) is 9.59 Å². The SMILES string of the molecule is CN(CC(C(=O)O)N(C)C(C)(C)C)C(=O)C(C)(C)C. The van der Waals surface area contributed by atoms with E-state index in [2.05, 4.69) is 0 Å². The number of rotatable bonds is 4. The summed E-state index contributed by atoms with van der Waals surface area (Å²) >= 11 is 0. The minimum Gasteiger partial charge on any atom is -0.480 e. The van der Waals surface area contributed by atoms with Gasteiger partial charge in [0.25, 0.3) is 0 Å². The molecule has 1 N–H and O–H groups in total. The number of likely N-dealkylation sites (N-methyl/N-ethyl adjacent to an activating group) is 2. The number of carbonyl (C=O) groups excluding carboxylic acids is 1. The molecule has 0 aliphatic rings. The maximum atomic E-state index is 12.1. The Hall–Kier alpha value is -1.10. The lowest BCUT2D eigenvalue weighted by molar-refractivity contribution is -0.148. The third-order valence-corrected chi connectivity index (χ3v) is 3.25. The zero-order valence-corrected chi connectivity index (χ0v) is 13.4. The molecular weight excluding hydrogens is 244 g/mol. The van der Waals surface area contributed by atoms with Crippen molar-refractivity contribution in [3.8, 4) is 0 Å². The molecular formula is C14H28N2O3. The summed E-state index contributed by atoms with van der Waals surface area (Å²) in [6.45, 7) is 11.5. The van der Waals surface area contributed by atoms with Crippen molar-refractivity contribution in [3.05, 3.63) is 0 Å². The fraction of sp³-hybridized carbons (Fsp3) is 0.857. The Labute approximate surface area is 116 Å². The number of amides is 1. The number of nitrogens with zero attached hydrogens (tertiary/aromatic N) is 2. The smallest absolute Gasteiger partial charge is 0.322 e. The predicted molar refractivity (Wildman–Crippen MR) is 76.0 cm³/mol. The van der Waals surface area contributed by atoms with Gasteiger partial charge < -0.3 is 10.0 Å². The highest BCUT2D eigenvalue weighted by atomic mass is 16.4. The summed E-state index contributed by atoms with van der Waals surface area (Å²) in [4.78, 5) is 26.8. The van der Waals surface area contributed by atoms with Gasteiger partial charge in [-0.05, 0) is 27.8 Å². The maximum absolute atomic E-state index is 12.1. The molecule has 0 aliphatic carbocycles. The molecule has 0 radical (unpaired) electrons. The summed E-state index contributed by atoms with van der Waals surface area (Å²) in [5.74, 6) is -0.966. The monoisotopic (exact) mass is 272 g/mol. The molecule has 1 unspecified atom stereocenters. The van der Waals surface area contributed by atoms with Gasteiger partial charge in [0.05, 0.1) is 0 Å². The molecule has 19 heavy (non-hydrogen) atoms. The fourth-order valence-electron chi connectivity index (χ4n) is 1.75. The Morgan fingerprint density at radius 2 is 1.47 bits per heavy atom. The number of hydrogen-bond donors (Lipinski definition) is 1. The summed E-state index contributed by atoms with van der Waals surface area (Å²) in [5, 5.41) is 9.36. The lowest BCUT2D eigenvalue weighted by Crippen LogP contribution is -2.55. The Balaban J connectivity index is 4.98. The van der Waals surface area contributed by atoms with Gasteiger partial charge in [-0.2, -0.15) is 0 Å². The lowest BCUT2D eigenvalue weighted by atomic mass is 9.94. The Morgan fingerprint density at radius 3 is 1.74 bits per heavy atom. The highest BCUT2D eigenvalue weighted by molar-refractivity contribution is 5.82. The number of carboxylic acid groups (broad SMARTS) is 1. The van der Waals surface area contributed by atoms with Crippen LogP contribution in [0.4, 0.5) is 0 Å². The van der Waals surface area contributed by atoms with Crippen LogP contribution in [0.15, 0.2) is 0 Å². The number of hydrogen-bond acceptors (Lipinski definition) is 3. The van der Waals surface area contributed by atoms with E-state index in [-0.39, 0.29) is 18.0 Å². The molecule has 0 aromatic heterocycles.